The fourth-order valence-electron chi connectivity index (χ4n) is 1.73. The molecule has 1 aromatic rings. The van der Waals surface area contributed by atoms with E-state index in [1.165, 1.54) is 19.6 Å². The summed E-state index contributed by atoms with van der Waals surface area (Å²) in [4.78, 5) is 22.5. The Hall–Kier alpha value is -1.40. The van der Waals surface area contributed by atoms with Gasteiger partial charge in [-0.1, -0.05) is 0 Å². The molecule has 0 aliphatic carbocycles. The Labute approximate surface area is 117 Å². The number of hydrogen-bond acceptors (Lipinski definition) is 5. The fourth-order valence-corrected chi connectivity index (χ4v) is 2.42. The van der Waals surface area contributed by atoms with Gasteiger partial charge in [0.2, 0.25) is 5.91 Å². The molecular weight excluding hydrogens is 264 g/mol. The smallest absolute Gasteiger partial charge is 0.329 e. The van der Waals surface area contributed by atoms with Crippen LogP contribution in [0.4, 0.5) is 0 Å². The van der Waals surface area contributed by atoms with Crippen molar-refractivity contribution in [3.8, 4) is 0 Å². The molecule has 1 amide bonds. The predicted octanol–water partition coefficient (Wildman–Crippen LogP) is 0.946. The molecule has 0 aromatic carbocycles. The maximum atomic E-state index is 11.5. The first-order valence-electron chi connectivity index (χ1n) is 6.12. The average Bonchev–Trinajstić information content (AvgIpc) is 2.85. The van der Waals surface area contributed by atoms with Gasteiger partial charge in [0, 0.05) is 19.5 Å². The minimum absolute atomic E-state index is 0.218. The maximum Gasteiger partial charge on any atom is 0.329 e. The number of hydrogen-bond donors (Lipinski definition) is 2. The highest BCUT2D eigenvalue weighted by Gasteiger charge is 2.20. The summed E-state index contributed by atoms with van der Waals surface area (Å²) < 4.78 is 4.66. The van der Waals surface area contributed by atoms with Crippen molar-refractivity contribution in [3.05, 3.63) is 22.4 Å². The minimum Gasteiger partial charge on any atom is -0.467 e. The van der Waals surface area contributed by atoms with Gasteiger partial charge in [-0.25, -0.2) is 4.79 Å². The highest BCUT2D eigenvalue weighted by atomic mass is 32.1. The molecule has 19 heavy (non-hydrogen) atoms. The van der Waals surface area contributed by atoms with E-state index in [1.54, 1.807) is 11.3 Å². The first-order chi connectivity index (χ1) is 9.02. The number of carbonyl (C=O) groups is 2. The van der Waals surface area contributed by atoms with Crippen LogP contribution in [0.25, 0.3) is 0 Å². The first-order valence-corrected chi connectivity index (χ1v) is 7.06. The molecule has 1 aromatic heterocycles. The van der Waals surface area contributed by atoms with Crippen molar-refractivity contribution in [1.82, 2.24) is 10.6 Å². The molecular formula is C13H20N2O3S. The summed E-state index contributed by atoms with van der Waals surface area (Å²) in [7, 11) is 1.31. The lowest BCUT2D eigenvalue weighted by molar-refractivity contribution is -0.144. The molecule has 1 heterocycles. The van der Waals surface area contributed by atoms with Crippen LogP contribution in [-0.4, -0.2) is 37.6 Å². The number of nitrogens with one attached hydrogen (secondary N) is 2. The Balaban J connectivity index is 2.41. The van der Waals surface area contributed by atoms with Crippen LogP contribution < -0.4 is 10.6 Å². The molecule has 0 radical (unpaired) electrons. The van der Waals surface area contributed by atoms with Crippen molar-refractivity contribution in [2.45, 2.75) is 32.4 Å². The van der Waals surface area contributed by atoms with Crippen molar-refractivity contribution in [2.24, 2.45) is 0 Å². The van der Waals surface area contributed by atoms with Gasteiger partial charge in [0.1, 0.15) is 6.04 Å². The van der Waals surface area contributed by atoms with Crippen LogP contribution >= 0.6 is 11.3 Å². The van der Waals surface area contributed by atoms with E-state index in [2.05, 4.69) is 26.8 Å². The van der Waals surface area contributed by atoms with E-state index in [-0.39, 0.29) is 11.9 Å². The number of esters is 1. The van der Waals surface area contributed by atoms with Gasteiger partial charge in [-0.15, -0.1) is 0 Å². The molecule has 2 N–H and O–H groups in total. The Morgan fingerprint density at radius 2 is 2.21 bits per heavy atom. The molecule has 106 valence electrons. The SMILES string of the molecule is COC(=O)C(CNC(C)Cc1ccsc1)NC(C)=O. The zero-order valence-corrected chi connectivity index (χ0v) is 12.3. The van der Waals surface area contributed by atoms with Crippen molar-refractivity contribution in [3.63, 3.8) is 0 Å². The summed E-state index contributed by atoms with van der Waals surface area (Å²) in [6.07, 6.45) is 0.886. The van der Waals surface area contributed by atoms with Gasteiger partial charge in [0.25, 0.3) is 0 Å². The lowest BCUT2D eigenvalue weighted by Gasteiger charge is -2.19. The number of ether oxygens (including phenoxy) is 1. The summed E-state index contributed by atoms with van der Waals surface area (Å²) in [5.41, 5.74) is 1.26. The molecule has 1 rings (SSSR count). The van der Waals surface area contributed by atoms with Crippen LogP contribution in [0.5, 0.6) is 0 Å². The molecule has 2 unspecified atom stereocenters. The summed E-state index contributed by atoms with van der Waals surface area (Å²) >= 11 is 1.66. The normalized spacial score (nSPS) is 13.6. The maximum absolute atomic E-state index is 11.5. The molecule has 5 nitrogen and oxygen atoms in total. The van der Waals surface area contributed by atoms with E-state index in [4.69, 9.17) is 0 Å². The van der Waals surface area contributed by atoms with Gasteiger partial charge in [-0.3, -0.25) is 4.79 Å². The molecule has 0 aliphatic heterocycles. The van der Waals surface area contributed by atoms with Gasteiger partial charge in [0.15, 0.2) is 0 Å². The Morgan fingerprint density at radius 1 is 1.47 bits per heavy atom. The highest BCUT2D eigenvalue weighted by Crippen LogP contribution is 2.08. The molecule has 0 fully saturated rings. The van der Waals surface area contributed by atoms with Gasteiger partial charge in [-0.05, 0) is 35.7 Å². The number of thiophene rings is 1. The Morgan fingerprint density at radius 3 is 2.74 bits per heavy atom. The van der Waals surface area contributed by atoms with E-state index in [0.717, 1.165) is 6.42 Å². The van der Waals surface area contributed by atoms with E-state index in [9.17, 15) is 9.59 Å². The van der Waals surface area contributed by atoms with Crippen LogP contribution in [0.3, 0.4) is 0 Å². The van der Waals surface area contributed by atoms with Crippen molar-refractivity contribution in [2.75, 3.05) is 13.7 Å². The lowest BCUT2D eigenvalue weighted by atomic mass is 10.1. The third kappa shape index (κ3) is 5.85. The summed E-state index contributed by atoms with van der Waals surface area (Å²) in [5.74, 6) is -0.687. The second-order valence-electron chi connectivity index (χ2n) is 4.42. The first kappa shape index (κ1) is 15.7. The second kappa shape index (κ2) is 7.91. The zero-order chi connectivity index (χ0) is 14.3. The van der Waals surface area contributed by atoms with Crippen molar-refractivity contribution < 1.29 is 14.3 Å². The number of rotatable bonds is 7. The van der Waals surface area contributed by atoms with Gasteiger partial charge in [-0.2, -0.15) is 11.3 Å². The average molecular weight is 284 g/mol. The van der Waals surface area contributed by atoms with E-state index >= 15 is 0 Å². The third-order valence-electron chi connectivity index (χ3n) is 2.66. The topological polar surface area (TPSA) is 67.4 Å². The molecule has 0 spiro atoms. The quantitative estimate of drug-likeness (QED) is 0.732. The van der Waals surface area contributed by atoms with Crippen LogP contribution in [0.2, 0.25) is 0 Å². The van der Waals surface area contributed by atoms with E-state index in [0.29, 0.717) is 6.54 Å². The monoisotopic (exact) mass is 284 g/mol. The van der Waals surface area contributed by atoms with Crippen LogP contribution in [0.1, 0.15) is 19.4 Å². The molecule has 0 bridgehead atoms. The number of carbonyl (C=O) groups excluding carboxylic acids is 2. The standard InChI is InChI=1S/C13H20N2O3S/c1-9(6-11-4-5-19-8-11)14-7-12(13(17)18-3)15-10(2)16/h4-5,8-9,12,14H,6-7H2,1-3H3,(H,15,16). The van der Waals surface area contributed by atoms with Crippen molar-refractivity contribution >= 4 is 23.2 Å². The third-order valence-corrected chi connectivity index (χ3v) is 3.39. The zero-order valence-electron chi connectivity index (χ0n) is 11.4. The van der Waals surface area contributed by atoms with E-state index < -0.39 is 12.0 Å². The minimum atomic E-state index is -0.646. The van der Waals surface area contributed by atoms with Gasteiger partial charge in [0.05, 0.1) is 7.11 Å². The largest absolute Gasteiger partial charge is 0.467 e. The second-order valence-corrected chi connectivity index (χ2v) is 5.20. The Kier molecular flexibility index (Phi) is 6.52. The molecule has 6 heteroatoms. The molecule has 0 saturated carbocycles. The van der Waals surface area contributed by atoms with Crippen LogP contribution in [-0.2, 0) is 20.7 Å². The predicted molar refractivity (Wildman–Crippen MR) is 75.1 cm³/mol. The Bertz CT molecular complexity index is 406. The van der Waals surface area contributed by atoms with Gasteiger partial charge < -0.3 is 15.4 Å². The summed E-state index contributed by atoms with van der Waals surface area (Å²) in [6, 6.07) is 1.65. The molecule has 0 saturated heterocycles. The van der Waals surface area contributed by atoms with Crippen LogP contribution in [0, 0.1) is 0 Å². The van der Waals surface area contributed by atoms with Gasteiger partial charge >= 0.3 is 5.97 Å². The fraction of sp³-hybridized carbons (Fsp3) is 0.538. The number of methoxy groups -OCH3 is 1. The number of amides is 1. The highest BCUT2D eigenvalue weighted by molar-refractivity contribution is 7.07. The van der Waals surface area contributed by atoms with E-state index in [1.807, 2.05) is 12.3 Å². The summed E-state index contributed by atoms with van der Waals surface area (Å²) in [5, 5.41) is 9.94. The van der Waals surface area contributed by atoms with Crippen molar-refractivity contribution in [1.29, 1.82) is 0 Å². The molecule has 2 atom stereocenters. The molecule has 0 aliphatic rings. The summed E-state index contributed by atoms with van der Waals surface area (Å²) in [6.45, 7) is 3.78. The lowest BCUT2D eigenvalue weighted by Crippen LogP contribution is -2.49. The van der Waals surface area contributed by atoms with Crippen LogP contribution in [0.15, 0.2) is 16.8 Å².